The smallest absolute Gasteiger partial charge is 0.337 e. The van der Waals surface area contributed by atoms with Gasteiger partial charge in [-0.25, -0.2) is 14.1 Å². The van der Waals surface area contributed by atoms with Gasteiger partial charge in [0.05, 0.1) is 24.8 Å². The molecule has 1 fully saturated rings. The third kappa shape index (κ3) is 4.79. The summed E-state index contributed by atoms with van der Waals surface area (Å²) in [4.78, 5) is 52.6. The molecule has 1 atom stereocenters. The van der Waals surface area contributed by atoms with Crippen LogP contribution in [0, 0.1) is 5.82 Å². The molecule has 8 heteroatoms. The number of methoxy groups -OCH3 is 1. The van der Waals surface area contributed by atoms with Crippen LogP contribution in [0.15, 0.2) is 48.5 Å². The van der Waals surface area contributed by atoms with E-state index in [0.717, 1.165) is 4.90 Å². The van der Waals surface area contributed by atoms with E-state index < -0.39 is 29.6 Å². The highest BCUT2D eigenvalue weighted by molar-refractivity contribution is 6.23. The molecule has 1 saturated heterocycles. The lowest BCUT2D eigenvalue weighted by Gasteiger charge is -2.28. The van der Waals surface area contributed by atoms with Crippen molar-refractivity contribution in [3.63, 3.8) is 0 Å². The topological polar surface area (TPSA) is 84.0 Å². The second-order valence-electron chi connectivity index (χ2n) is 7.22. The number of anilines is 1. The average Bonchev–Trinajstić information content (AvgIpc) is 3.06. The normalized spacial score (nSPS) is 15.8. The standard InChI is InChI=1S/C23H23FN2O5/c1-3-4-20(27)25(14-15-5-9-17(24)10-6-15)19-13-21(28)26(22(19)29)18-11-7-16(8-12-18)23(30)31-2/h5-12,19H,3-4,13-14H2,1-2H3. The zero-order chi connectivity index (χ0) is 22.5. The Balaban J connectivity index is 1.86. The van der Waals surface area contributed by atoms with Gasteiger partial charge in [-0.15, -0.1) is 0 Å². The Kier molecular flexibility index (Phi) is 6.79. The van der Waals surface area contributed by atoms with Crippen molar-refractivity contribution in [3.05, 3.63) is 65.5 Å². The number of amides is 3. The van der Waals surface area contributed by atoms with Crippen molar-refractivity contribution in [3.8, 4) is 0 Å². The van der Waals surface area contributed by atoms with Gasteiger partial charge in [-0.2, -0.15) is 0 Å². The van der Waals surface area contributed by atoms with Crippen LogP contribution in [0.4, 0.5) is 10.1 Å². The van der Waals surface area contributed by atoms with Crippen LogP contribution < -0.4 is 4.90 Å². The lowest BCUT2D eigenvalue weighted by molar-refractivity contribution is -0.139. The summed E-state index contributed by atoms with van der Waals surface area (Å²) in [6.07, 6.45) is 0.674. The van der Waals surface area contributed by atoms with E-state index >= 15 is 0 Å². The van der Waals surface area contributed by atoms with E-state index in [1.165, 1.54) is 48.4 Å². The molecule has 3 amide bonds. The van der Waals surface area contributed by atoms with E-state index in [-0.39, 0.29) is 30.9 Å². The molecule has 31 heavy (non-hydrogen) atoms. The van der Waals surface area contributed by atoms with E-state index in [0.29, 0.717) is 17.7 Å². The number of rotatable bonds is 7. The predicted molar refractivity (Wildman–Crippen MR) is 111 cm³/mol. The van der Waals surface area contributed by atoms with Crippen LogP contribution in [0.25, 0.3) is 0 Å². The lowest BCUT2D eigenvalue weighted by Crippen LogP contribution is -2.45. The summed E-state index contributed by atoms with van der Waals surface area (Å²) in [5.41, 5.74) is 1.26. The summed E-state index contributed by atoms with van der Waals surface area (Å²) in [7, 11) is 1.26. The van der Waals surface area contributed by atoms with Crippen LogP contribution in [0.5, 0.6) is 0 Å². The number of carbonyl (C=O) groups excluding carboxylic acids is 4. The molecule has 2 aromatic rings. The number of halogens is 1. The minimum absolute atomic E-state index is 0.0952. The molecule has 162 valence electrons. The van der Waals surface area contributed by atoms with Crippen LogP contribution in [0.3, 0.4) is 0 Å². The number of hydrogen-bond donors (Lipinski definition) is 0. The molecule has 0 aliphatic carbocycles. The van der Waals surface area contributed by atoms with Crippen LogP contribution in [-0.4, -0.2) is 41.7 Å². The van der Waals surface area contributed by atoms with Gasteiger partial charge >= 0.3 is 5.97 Å². The van der Waals surface area contributed by atoms with Gasteiger partial charge < -0.3 is 9.64 Å². The maximum absolute atomic E-state index is 13.2. The largest absolute Gasteiger partial charge is 0.465 e. The van der Waals surface area contributed by atoms with Gasteiger partial charge in [0.2, 0.25) is 11.8 Å². The number of nitrogens with zero attached hydrogens (tertiary/aromatic N) is 2. The molecule has 0 N–H and O–H groups in total. The van der Waals surface area contributed by atoms with Crippen molar-refractivity contribution in [2.24, 2.45) is 0 Å². The van der Waals surface area contributed by atoms with Crippen molar-refractivity contribution in [2.75, 3.05) is 12.0 Å². The monoisotopic (exact) mass is 426 g/mol. The van der Waals surface area contributed by atoms with Crippen molar-refractivity contribution in [2.45, 2.75) is 38.8 Å². The summed E-state index contributed by atoms with van der Waals surface area (Å²) < 4.78 is 17.9. The fourth-order valence-corrected chi connectivity index (χ4v) is 3.51. The summed E-state index contributed by atoms with van der Waals surface area (Å²) in [6, 6.07) is 10.6. The zero-order valence-corrected chi connectivity index (χ0v) is 17.3. The molecule has 3 rings (SSSR count). The number of ether oxygens (including phenoxy) is 1. The summed E-state index contributed by atoms with van der Waals surface area (Å²) in [6.45, 7) is 1.95. The van der Waals surface area contributed by atoms with Crippen molar-refractivity contribution in [1.82, 2.24) is 4.90 Å². The number of carbonyl (C=O) groups is 4. The fourth-order valence-electron chi connectivity index (χ4n) is 3.51. The highest BCUT2D eigenvalue weighted by atomic mass is 19.1. The van der Waals surface area contributed by atoms with Crippen LogP contribution in [0.2, 0.25) is 0 Å². The number of imide groups is 1. The van der Waals surface area contributed by atoms with Crippen LogP contribution >= 0.6 is 0 Å². The number of benzene rings is 2. The van der Waals surface area contributed by atoms with Crippen molar-refractivity contribution >= 4 is 29.4 Å². The molecule has 1 heterocycles. The first-order valence-corrected chi connectivity index (χ1v) is 9.94. The maximum atomic E-state index is 13.2. The minimum atomic E-state index is -0.947. The van der Waals surface area contributed by atoms with Gasteiger partial charge in [-0.05, 0) is 48.4 Å². The van der Waals surface area contributed by atoms with E-state index in [9.17, 15) is 23.6 Å². The molecule has 1 unspecified atom stereocenters. The van der Waals surface area contributed by atoms with Gasteiger partial charge in [0.25, 0.3) is 5.91 Å². The molecule has 0 aromatic heterocycles. The minimum Gasteiger partial charge on any atom is -0.465 e. The summed E-state index contributed by atoms with van der Waals surface area (Å²) in [5, 5.41) is 0. The van der Waals surface area contributed by atoms with Gasteiger partial charge in [-0.3, -0.25) is 14.4 Å². The quantitative estimate of drug-likeness (QED) is 0.502. The first-order chi connectivity index (χ1) is 14.8. The van der Waals surface area contributed by atoms with Gasteiger partial charge in [-0.1, -0.05) is 19.1 Å². The third-order valence-corrected chi connectivity index (χ3v) is 5.10. The Labute approximate surface area is 179 Å². The SMILES string of the molecule is CCCC(=O)N(Cc1ccc(F)cc1)C1CC(=O)N(c2ccc(C(=O)OC)cc2)C1=O. The molecule has 1 aliphatic heterocycles. The van der Waals surface area contributed by atoms with Crippen LogP contribution in [0.1, 0.15) is 42.1 Å². The zero-order valence-electron chi connectivity index (χ0n) is 17.3. The first-order valence-electron chi connectivity index (χ1n) is 9.94. The maximum Gasteiger partial charge on any atom is 0.337 e. The second kappa shape index (κ2) is 9.51. The third-order valence-electron chi connectivity index (χ3n) is 5.10. The Morgan fingerprint density at radius 3 is 2.32 bits per heavy atom. The fraction of sp³-hybridized carbons (Fsp3) is 0.304. The molecule has 1 aliphatic rings. The highest BCUT2D eigenvalue weighted by Crippen LogP contribution is 2.28. The second-order valence-corrected chi connectivity index (χ2v) is 7.22. The first kappa shape index (κ1) is 22.1. The van der Waals surface area contributed by atoms with E-state index in [1.54, 1.807) is 12.1 Å². The average molecular weight is 426 g/mol. The molecule has 0 radical (unpaired) electrons. The van der Waals surface area contributed by atoms with Crippen LogP contribution in [-0.2, 0) is 25.7 Å². The molecule has 0 saturated carbocycles. The van der Waals surface area contributed by atoms with Crippen molar-refractivity contribution < 1.29 is 28.3 Å². The molecule has 2 aromatic carbocycles. The van der Waals surface area contributed by atoms with Gasteiger partial charge in [0.1, 0.15) is 11.9 Å². The highest BCUT2D eigenvalue weighted by Gasteiger charge is 2.44. The molecule has 0 bridgehead atoms. The Morgan fingerprint density at radius 2 is 1.74 bits per heavy atom. The Bertz CT molecular complexity index is 988. The van der Waals surface area contributed by atoms with E-state index in [1.807, 2.05) is 6.92 Å². The van der Waals surface area contributed by atoms with Crippen molar-refractivity contribution in [1.29, 1.82) is 0 Å². The Hall–Kier alpha value is -3.55. The number of hydrogen-bond acceptors (Lipinski definition) is 5. The molecule has 7 nitrogen and oxygen atoms in total. The molecular weight excluding hydrogens is 403 g/mol. The molecule has 0 spiro atoms. The predicted octanol–water partition coefficient (Wildman–Crippen LogP) is 3.07. The van der Waals surface area contributed by atoms with Gasteiger partial charge in [0, 0.05) is 13.0 Å². The van der Waals surface area contributed by atoms with E-state index in [2.05, 4.69) is 4.74 Å². The molecular formula is C23H23FN2O5. The lowest BCUT2D eigenvalue weighted by atomic mass is 10.1. The summed E-state index contributed by atoms with van der Waals surface area (Å²) >= 11 is 0. The number of esters is 1. The van der Waals surface area contributed by atoms with E-state index in [4.69, 9.17) is 0 Å². The van der Waals surface area contributed by atoms with Gasteiger partial charge in [0.15, 0.2) is 0 Å². The summed E-state index contributed by atoms with van der Waals surface area (Å²) in [5.74, 6) is -2.12. The Morgan fingerprint density at radius 1 is 1.10 bits per heavy atom.